The number of hydrogen-bond donors (Lipinski definition) is 4. The largest absolute Gasteiger partial charge is 0.465 e. The second kappa shape index (κ2) is 22.1. The topological polar surface area (TPSA) is 161 Å². The number of fused-ring (bicyclic) bond motifs is 4. The summed E-state index contributed by atoms with van der Waals surface area (Å²) in [6, 6.07) is 32.3. The number of likely N-dealkylation sites (tertiary alicyclic amines) is 1. The Balaban J connectivity index is 0.000000162. The van der Waals surface area contributed by atoms with Gasteiger partial charge in [0.15, 0.2) is 0 Å². The molecule has 0 saturated carbocycles. The quantitative estimate of drug-likeness (QED) is 0.0909. The van der Waals surface area contributed by atoms with E-state index in [9.17, 15) is 19.2 Å². The monoisotopic (exact) mass is 1020 g/mol. The maximum atomic E-state index is 12.6. The van der Waals surface area contributed by atoms with Crippen LogP contribution in [0, 0.1) is 0 Å². The van der Waals surface area contributed by atoms with Crippen molar-refractivity contribution in [3.8, 4) is 22.5 Å². The molecule has 2 aromatic heterocycles. The number of ether oxygens (including phenoxy) is 3. The average Bonchev–Trinajstić information content (AvgIpc) is 3.94. The third-order valence-electron chi connectivity index (χ3n) is 12.3. The number of aromatic amines is 2. The number of nitrogens with zero attached hydrogens (tertiary/aromatic N) is 3. The lowest BCUT2D eigenvalue weighted by Gasteiger charge is -2.29. The van der Waals surface area contributed by atoms with Gasteiger partial charge in [-0.2, -0.15) is 0 Å². The van der Waals surface area contributed by atoms with Crippen LogP contribution in [-0.2, 0) is 23.8 Å². The summed E-state index contributed by atoms with van der Waals surface area (Å²) >= 11 is 6.84. The molecule has 5 aliphatic heterocycles. The van der Waals surface area contributed by atoms with Gasteiger partial charge in [0.1, 0.15) is 6.54 Å². The van der Waals surface area contributed by atoms with Gasteiger partial charge in [0.2, 0.25) is 17.0 Å². The molecule has 0 radical (unpaired) electrons. The van der Waals surface area contributed by atoms with Crippen LogP contribution in [0.15, 0.2) is 146 Å². The van der Waals surface area contributed by atoms with E-state index in [4.69, 9.17) is 14.2 Å². The highest BCUT2D eigenvalue weighted by Crippen LogP contribution is 2.53. The van der Waals surface area contributed by atoms with Crippen molar-refractivity contribution in [3.05, 3.63) is 118 Å². The lowest BCUT2D eigenvalue weighted by molar-refractivity contribution is -0.141. The van der Waals surface area contributed by atoms with E-state index >= 15 is 0 Å². The first-order chi connectivity index (χ1) is 34.2. The van der Waals surface area contributed by atoms with E-state index in [0.29, 0.717) is 39.6 Å². The van der Waals surface area contributed by atoms with E-state index in [-0.39, 0.29) is 29.5 Å². The second-order valence-electron chi connectivity index (χ2n) is 17.0. The average molecular weight is 1020 g/mol. The van der Waals surface area contributed by atoms with E-state index < -0.39 is 0 Å². The van der Waals surface area contributed by atoms with Crippen LogP contribution in [0.4, 0.5) is 22.7 Å². The van der Waals surface area contributed by atoms with Crippen LogP contribution in [0.3, 0.4) is 0 Å². The number of nitrogens with one attached hydrogen (secondary N) is 4. The molecule has 0 unspecified atom stereocenters. The van der Waals surface area contributed by atoms with Crippen LogP contribution in [-0.4, -0.2) is 112 Å². The Morgan fingerprint density at radius 1 is 0.571 bits per heavy atom. The summed E-state index contributed by atoms with van der Waals surface area (Å²) in [5.74, 6) is -0.110. The predicted octanol–water partition coefficient (Wildman–Crippen LogP) is 9.00. The Labute approximate surface area is 423 Å². The minimum atomic E-state index is -0.273. The first-order valence-corrected chi connectivity index (χ1v) is 26.8. The molecule has 3 fully saturated rings. The van der Waals surface area contributed by atoms with Crippen molar-refractivity contribution in [1.82, 2.24) is 14.9 Å². The molecule has 14 nitrogen and oxygen atoms in total. The maximum absolute atomic E-state index is 12.6. The summed E-state index contributed by atoms with van der Waals surface area (Å²) < 4.78 is 15.9. The Kier molecular flexibility index (Phi) is 15.1. The number of benzene rings is 4. The number of carbonyl (C=O) groups excluding carboxylic acids is 2. The number of H-pyrrole nitrogens is 2. The summed E-state index contributed by atoms with van der Waals surface area (Å²) in [6.07, 6.45) is 2.20. The van der Waals surface area contributed by atoms with E-state index in [1.165, 1.54) is 9.79 Å². The Hall–Kier alpha value is -5.76. The van der Waals surface area contributed by atoms with Gasteiger partial charge in [0.05, 0.1) is 51.0 Å². The van der Waals surface area contributed by atoms with Crippen molar-refractivity contribution < 1.29 is 23.8 Å². The number of aromatic nitrogens is 2. The van der Waals surface area contributed by atoms with E-state index in [2.05, 4.69) is 91.1 Å². The summed E-state index contributed by atoms with van der Waals surface area (Å²) in [4.78, 5) is 70.7. The standard InChI is InChI=1S/C27H28N4O3S2.C25H25N3O4S2/c32-25-16-19(30-10-12-34-13-11-30)15-21(29-25)20-4-3-5-23-27(20)36-22-7-6-18(14-24(22)35-23)28-17-26(33)31-8-1-2-9-31;1-2-32-24(30)15-26-16-6-7-20-22(12-16)33-21-5-3-4-18(25(21)34-20)19-13-17(14-23(29)27-19)28-8-10-31-11-9-28/h3-7,14-16,28H,1-2,8-13,17H2,(H,29,32);3-7,12-14,26H,2,8-11,15H2,1H3,(H,27,29). The van der Waals surface area contributed by atoms with Crippen molar-refractivity contribution in [2.24, 2.45) is 0 Å². The van der Waals surface area contributed by atoms with Crippen molar-refractivity contribution >= 4 is 81.7 Å². The summed E-state index contributed by atoms with van der Waals surface area (Å²) in [5, 5.41) is 6.44. The lowest BCUT2D eigenvalue weighted by Crippen LogP contribution is -2.36. The molecule has 0 spiro atoms. The molecule has 18 heteroatoms. The Morgan fingerprint density at radius 3 is 1.54 bits per heavy atom. The van der Waals surface area contributed by atoms with Crippen molar-refractivity contribution in [3.63, 3.8) is 0 Å². The van der Waals surface area contributed by atoms with Crippen LogP contribution in [0.1, 0.15) is 19.8 Å². The molecule has 6 aromatic rings. The van der Waals surface area contributed by atoms with Crippen LogP contribution in [0.5, 0.6) is 0 Å². The van der Waals surface area contributed by atoms with E-state index in [1.54, 1.807) is 66.1 Å². The van der Waals surface area contributed by atoms with Crippen LogP contribution in [0.2, 0.25) is 0 Å². The highest BCUT2D eigenvalue weighted by molar-refractivity contribution is 8.05. The molecule has 7 heterocycles. The molecule has 0 bridgehead atoms. The number of morpholine rings is 2. The first kappa shape index (κ1) is 47.9. The number of esters is 1. The molecule has 0 aliphatic carbocycles. The van der Waals surface area contributed by atoms with Gasteiger partial charge in [-0.25, -0.2) is 0 Å². The maximum Gasteiger partial charge on any atom is 0.325 e. The van der Waals surface area contributed by atoms with Crippen molar-refractivity contribution in [1.29, 1.82) is 0 Å². The fraction of sp³-hybridized carbons (Fsp3) is 0.308. The van der Waals surface area contributed by atoms with Crippen LogP contribution < -0.4 is 31.6 Å². The number of hydrogen-bond acceptors (Lipinski definition) is 15. The fourth-order valence-corrected chi connectivity index (χ4v) is 13.7. The first-order valence-electron chi connectivity index (χ1n) is 23.6. The fourth-order valence-electron chi connectivity index (χ4n) is 8.85. The number of amides is 1. The van der Waals surface area contributed by atoms with Gasteiger partial charge in [0, 0.05) is 124 Å². The van der Waals surface area contributed by atoms with Crippen molar-refractivity contribution in [2.75, 3.05) is 106 Å². The summed E-state index contributed by atoms with van der Waals surface area (Å²) in [7, 11) is 0. The zero-order valence-electron chi connectivity index (χ0n) is 38.7. The second-order valence-corrected chi connectivity index (χ2v) is 21.3. The smallest absolute Gasteiger partial charge is 0.325 e. The third kappa shape index (κ3) is 11.2. The van der Waals surface area contributed by atoms with Gasteiger partial charge in [-0.05, 0) is 80.4 Å². The number of rotatable bonds is 11. The number of carbonyl (C=O) groups is 2. The normalized spacial score (nSPS) is 15.9. The highest BCUT2D eigenvalue weighted by atomic mass is 32.2. The van der Waals surface area contributed by atoms with Gasteiger partial charge in [-0.3, -0.25) is 19.2 Å². The third-order valence-corrected chi connectivity index (χ3v) is 17.5. The molecule has 5 aliphatic rings. The van der Waals surface area contributed by atoms with Crippen molar-refractivity contribution in [2.45, 2.75) is 58.9 Å². The van der Waals surface area contributed by atoms with Crippen LogP contribution >= 0.6 is 47.0 Å². The Bertz CT molecular complexity index is 3020. The molecule has 4 aromatic carbocycles. The Morgan fingerprint density at radius 2 is 1.06 bits per heavy atom. The molecule has 0 atom stereocenters. The van der Waals surface area contributed by atoms with E-state index in [1.807, 2.05) is 29.2 Å². The number of anilines is 4. The molecule has 4 N–H and O–H groups in total. The molecular formula is C52H53N7O7S4. The van der Waals surface area contributed by atoms with Gasteiger partial charge < -0.3 is 49.5 Å². The minimum absolute atomic E-state index is 0.0975. The highest BCUT2D eigenvalue weighted by Gasteiger charge is 2.25. The molecular weight excluding hydrogens is 963 g/mol. The SMILES string of the molecule is CCOC(=O)CNc1ccc2c(c1)Sc1cccc(-c3cc(N4CCOCC4)cc(=O)[nH]3)c1S2.O=C(CNc1ccc2c(c1)Sc1cccc(-c3cc(N4CCOCC4)cc(=O)[nH]3)c1S2)N1CCCC1. The molecule has 70 heavy (non-hydrogen) atoms. The van der Waals surface area contributed by atoms with Gasteiger partial charge in [-0.15, -0.1) is 0 Å². The van der Waals surface area contributed by atoms with Gasteiger partial charge in [-0.1, -0.05) is 71.3 Å². The van der Waals surface area contributed by atoms with Gasteiger partial charge in [0.25, 0.3) is 0 Å². The molecule has 1 amide bonds. The lowest BCUT2D eigenvalue weighted by atomic mass is 10.1. The molecule has 11 rings (SSSR count). The van der Waals surface area contributed by atoms with Gasteiger partial charge >= 0.3 is 5.97 Å². The molecule has 362 valence electrons. The van der Waals surface area contributed by atoms with Crippen LogP contribution in [0.25, 0.3) is 22.5 Å². The minimum Gasteiger partial charge on any atom is -0.465 e. The zero-order chi connectivity index (χ0) is 48.0. The predicted molar refractivity (Wildman–Crippen MR) is 280 cm³/mol. The summed E-state index contributed by atoms with van der Waals surface area (Å²) in [6.45, 7) is 10.2. The van der Waals surface area contributed by atoms with E-state index in [0.717, 1.165) is 127 Å². The molecule has 3 saturated heterocycles. The number of pyridine rings is 2. The zero-order valence-corrected chi connectivity index (χ0v) is 41.9. The summed E-state index contributed by atoms with van der Waals surface area (Å²) in [5.41, 5.74) is 7.17.